The van der Waals surface area contributed by atoms with Crippen LogP contribution in [0.25, 0.3) is 10.9 Å². The first-order valence-electron chi connectivity index (χ1n) is 8.10. The average molecular weight is 340 g/mol. The smallest absolute Gasteiger partial charge is 0.251 e. The minimum atomic E-state index is -0.315. The molecule has 130 valence electrons. The highest BCUT2D eigenvalue weighted by atomic mass is 19.1. The number of methoxy groups -OCH3 is 1. The second-order valence-corrected chi connectivity index (χ2v) is 6.69. The lowest BCUT2D eigenvalue weighted by Gasteiger charge is -2.25. The number of nitrogens with one attached hydrogen (secondary N) is 2. The fourth-order valence-electron chi connectivity index (χ4n) is 2.92. The van der Waals surface area contributed by atoms with Crippen LogP contribution in [0.3, 0.4) is 0 Å². The molecule has 0 unspecified atom stereocenters. The number of fused-ring (bicyclic) bond motifs is 1. The summed E-state index contributed by atoms with van der Waals surface area (Å²) in [4.78, 5) is 15.5. The van der Waals surface area contributed by atoms with Gasteiger partial charge in [0.05, 0.1) is 7.11 Å². The summed E-state index contributed by atoms with van der Waals surface area (Å²) in [5.41, 5.74) is 2.02. The van der Waals surface area contributed by atoms with Gasteiger partial charge in [-0.2, -0.15) is 0 Å². The van der Waals surface area contributed by atoms with Crippen molar-refractivity contribution in [3.8, 4) is 5.75 Å². The molecule has 1 aromatic heterocycles. The Morgan fingerprint density at radius 3 is 2.80 bits per heavy atom. The molecule has 0 saturated heterocycles. The molecule has 0 aliphatic rings. The molecule has 0 fully saturated rings. The lowest BCUT2D eigenvalue weighted by Crippen LogP contribution is -2.36. The second kappa shape index (κ2) is 6.59. The molecule has 4 nitrogen and oxygen atoms in total. The van der Waals surface area contributed by atoms with Gasteiger partial charge in [-0.1, -0.05) is 19.9 Å². The summed E-state index contributed by atoms with van der Waals surface area (Å²) < 4.78 is 18.5. The monoisotopic (exact) mass is 340 g/mol. The number of carbonyl (C=O) groups excluding carboxylic acids is 1. The van der Waals surface area contributed by atoms with Crippen molar-refractivity contribution < 1.29 is 13.9 Å². The summed E-state index contributed by atoms with van der Waals surface area (Å²) in [6.45, 7) is 4.54. The Balaban J connectivity index is 1.77. The summed E-state index contributed by atoms with van der Waals surface area (Å²) in [5.74, 6) is 0.216. The van der Waals surface area contributed by atoms with Gasteiger partial charge in [0.25, 0.3) is 5.91 Å². The number of ether oxygens (including phenoxy) is 1. The van der Waals surface area contributed by atoms with Crippen LogP contribution in [0.5, 0.6) is 5.75 Å². The highest BCUT2D eigenvalue weighted by Gasteiger charge is 2.25. The number of rotatable bonds is 5. The molecule has 25 heavy (non-hydrogen) atoms. The zero-order valence-corrected chi connectivity index (χ0v) is 14.5. The Bertz CT molecular complexity index is 915. The van der Waals surface area contributed by atoms with Gasteiger partial charge in [-0.15, -0.1) is 0 Å². The molecule has 0 aliphatic carbocycles. The van der Waals surface area contributed by atoms with Crippen molar-refractivity contribution in [3.63, 3.8) is 0 Å². The van der Waals surface area contributed by atoms with E-state index in [1.165, 1.54) is 12.1 Å². The summed E-state index contributed by atoms with van der Waals surface area (Å²) in [6, 6.07) is 11.7. The van der Waals surface area contributed by atoms with Gasteiger partial charge in [0.1, 0.15) is 11.6 Å². The quantitative estimate of drug-likeness (QED) is 0.737. The van der Waals surface area contributed by atoms with Gasteiger partial charge in [0.15, 0.2) is 0 Å². The first kappa shape index (κ1) is 17.0. The molecule has 2 aromatic carbocycles. The molecule has 2 N–H and O–H groups in total. The molecule has 0 aliphatic heterocycles. The third kappa shape index (κ3) is 3.50. The van der Waals surface area contributed by atoms with Crippen molar-refractivity contribution in [2.24, 2.45) is 0 Å². The lowest BCUT2D eigenvalue weighted by atomic mass is 9.84. The van der Waals surface area contributed by atoms with Gasteiger partial charge in [-0.25, -0.2) is 4.39 Å². The predicted molar refractivity (Wildman–Crippen MR) is 96.6 cm³/mol. The van der Waals surface area contributed by atoms with Crippen LogP contribution in [-0.2, 0) is 5.41 Å². The van der Waals surface area contributed by atoms with E-state index in [0.29, 0.717) is 17.9 Å². The fourth-order valence-corrected chi connectivity index (χ4v) is 2.92. The first-order valence-corrected chi connectivity index (χ1v) is 8.10. The van der Waals surface area contributed by atoms with Gasteiger partial charge < -0.3 is 15.0 Å². The first-order chi connectivity index (χ1) is 11.9. The standard InChI is InChI=1S/C20H21FN2O2/c1-20(2,17-11-22-18-10-14(21)7-8-16(17)18)12-23-19(24)13-5-4-6-15(9-13)25-3/h4-11,22H,12H2,1-3H3,(H,23,24). The van der Waals surface area contributed by atoms with Crippen molar-refractivity contribution in [2.75, 3.05) is 13.7 Å². The number of carbonyl (C=O) groups is 1. The Hall–Kier alpha value is -2.82. The molecule has 1 heterocycles. The van der Waals surface area contributed by atoms with Crippen LogP contribution in [0, 0.1) is 5.82 Å². The minimum Gasteiger partial charge on any atom is -0.497 e. The molecule has 1 amide bonds. The summed E-state index contributed by atoms with van der Waals surface area (Å²) >= 11 is 0. The number of halogens is 1. The molecule has 0 radical (unpaired) electrons. The number of aromatic amines is 1. The predicted octanol–water partition coefficient (Wildman–Crippen LogP) is 4.02. The van der Waals surface area contributed by atoms with Crippen molar-refractivity contribution in [1.29, 1.82) is 0 Å². The van der Waals surface area contributed by atoms with Crippen molar-refractivity contribution >= 4 is 16.8 Å². The number of benzene rings is 2. The molecule has 3 rings (SSSR count). The average Bonchev–Trinajstić information content (AvgIpc) is 3.03. The van der Waals surface area contributed by atoms with Gasteiger partial charge in [0.2, 0.25) is 0 Å². The van der Waals surface area contributed by atoms with E-state index in [9.17, 15) is 9.18 Å². The maximum atomic E-state index is 13.4. The molecule has 0 atom stereocenters. The summed E-state index contributed by atoms with van der Waals surface area (Å²) in [6.07, 6.45) is 1.88. The molecule has 0 saturated carbocycles. The van der Waals surface area contributed by atoms with Gasteiger partial charge >= 0.3 is 0 Å². The molecule has 0 spiro atoms. The van der Waals surface area contributed by atoms with Crippen LogP contribution in [0.4, 0.5) is 4.39 Å². The van der Waals surface area contributed by atoms with Gasteiger partial charge in [-0.3, -0.25) is 4.79 Å². The number of hydrogen-bond acceptors (Lipinski definition) is 2. The number of H-pyrrole nitrogens is 1. The fraction of sp³-hybridized carbons (Fsp3) is 0.250. The maximum absolute atomic E-state index is 13.4. The van der Waals surface area contributed by atoms with Crippen LogP contribution >= 0.6 is 0 Å². The largest absolute Gasteiger partial charge is 0.497 e. The third-order valence-electron chi connectivity index (χ3n) is 4.40. The number of amides is 1. The molecule has 3 aromatic rings. The van der Waals surface area contributed by atoms with E-state index in [4.69, 9.17) is 4.74 Å². The Morgan fingerprint density at radius 2 is 2.04 bits per heavy atom. The highest BCUT2D eigenvalue weighted by molar-refractivity contribution is 5.94. The van der Waals surface area contributed by atoms with E-state index >= 15 is 0 Å². The van der Waals surface area contributed by atoms with Crippen LogP contribution in [-0.4, -0.2) is 24.5 Å². The SMILES string of the molecule is COc1cccc(C(=O)NCC(C)(C)c2c[nH]c3cc(F)ccc23)c1. The number of aromatic nitrogens is 1. The van der Waals surface area contributed by atoms with Gasteiger partial charge in [-0.05, 0) is 42.0 Å². The maximum Gasteiger partial charge on any atom is 0.251 e. The van der Waals surface area contributed by atoms with E-state index in [2.05, 4.69) is 10.3 Å². The van der Waals surface area contributed by atoms with Gasteiger partial charge in [0, 0.05) is 34.6 Å². The Kier molecular flexibility index (Phi) is 4.49. The molecular formula is C20H21FN2O2. The lowest BCUT2D eigenvalue weighted by molar-refractivity contribution is 0.0945. The number of hydrogen-bond donors (Lipinski definition) is 2. The van der Waals surface area contributed by atoms with Crippen molar-refractivity contribution in [1.82, 2.24) is 10.3 Å². The molecule has 5 heteroatoms. The van der Waals surface area contributed by atoms with Crippen LogP contribution in [0.2, 0.25) is 0 Å². The normalized spacial score (nSPS) is 11.5. The van der Waals surface area contributed by atoms with Crippen LogP contribution in [0.1, 0.15) is 29.8 Å². The Labute approximate surface area is 146 Å². The topological polar surface area (TPSA) is 54.1 Å². The Morgan fingerprint density at radius 1 is 1.24 bits per heavy atom. The van der Waals surface area contributed by atoms with E-state index in [1.54, 1.807) is 37.4 Å². The van der Waals surface area contributed by atoms with E-state index in [-0.39, 0.29) is 17.1 Å². The highest BCUT2D eigenvalue weighted by Crippen LogP contribution is 2.30. The van der Waals surface area contributed by atoms with Crippen LogP contribution in [0.15, 0.2) is 48.7 Å². The molecular weight excluding hydrogens is 319 g/mol. The zero-order chi connectivity index (χ0) is 18.0. The van der Waals surface area contributed by atoms with Crippen LogP contribution < -0.4 is 10.1 Å². The van der Waals surface area contributed by atoms with E-state index in [1.807, 2.05) is 20.0 Å². The summed E-state index contributed by atoms with van der Waals surface area (Å²) in [7, 11) is 1.57. The third-order valence-corrected chi connectivity index (χ3v) is 4.40. The van der Waals surface area contributed by atoms with E-state index in [0.717, 1.165) is 16.5 Å². The zero-order valence-electron chi connectivity index (χ0n) is 14.5. The molecule has 0 bridgehead atoms. The minimum absolute atomic E-state index is 0.155. The van der Waals surface area contributed by atoms with Crippen molar-refractivity contribution in [3.05, 3.63) is 65.6 Å². The summed E-state index contributed by atoms with van der Waals surface area (Å²) in [5, 5.41) is 3.93. The van der Waals surface area contributed by atoms with E-state index < -0.39 is 0 Å². The van der Waals surface area contributed by atoms with Crippen molar-refractivity contribution in [2.45, 2.75) is 19.3 Å². The second-order valence-electron chi connectivity index (χ2n) is 6.69.